The second-order valence-electron chi connectivity index (χ2n) is 4.57. The second-order valence-corrected chi connectivity index (χ2v) is 4.88. The van der Waals surface area contributed by atoms with Crippen LogP contribution in [0.4, 0.5) is 0 Å². The molecule has 0 rings (SSSR count). The fourth-order valence-corrected chi connectivity index (χ4v) is 1.77. The lowest BCUT2D eigenvalue weighted by Crippen LogP contribution is -2.14. The third kappa shape index (κ3) is 6.68. The van der Waals surface area contributed by atoms with Crippen molar-refractivity contribution in [3.63, 3.8) is 0 Å². The SMILES string of the molecule is CCCC(CCl)CC(C)(C)C. The smallest absolute Gasteiger partial charge is 0.0251 e. The summed E-state index contributed by atoms with van der Waals surface area (Å²) in [6, 6.07) is 0. The van der Waals surface area contributed by atoms with Gasteiger partial charge in [0.1, 0.15) is 0 Å². The molecule has 0 aromatic rings. The van der Waals surface area contributed by atoms with E-state index in [1.54, 1.807) is 0 Å². The minimum Gasteiger partial charge on any atom is -0.126 e. The van der Waals surface area contributed by atoms with Gasteiger partial charge in [-0.3, -0.25) is 0 Å². The zero-order valence-corrected chi connectivity index (χ0v) is 9.04. The molecule has 0 aliphatic carbocycles. The van der Waals surface area contributed by atoms with Crippen LogP contribution in [0.1, 0.15) is 47.0 Å². The normalized spacial score (nSPS) is 15.0. The van der Waals surface area contributed by atoms with Crippen molar-refractivity contribution >= 4 is 11.6 Å². The number of hydrogen-bond acceptors (Lipinski definition) is 0. The maximum Gasteiger partial charge on any atom is 0.0251 e. The van der Waals surface area contributed by atoms with Crippen molar-refractivity contribution in [2.45, 2.75) is 47.0 Å². The Labute approximate surface area is 76.3 Å². The molecule has 0 aromatic heterocycles. The van der Waals surface area contributed by atoms with E-state index in [4.69, 9.17) is 11.6 Å². The molecule has 1 unspecified atom stereocenters. The van der Waals surface area contributed by atoms with Crippen LogP contribution in [0.3, 0.4) is 0 Å². The summed E-state index contributed by atoms with van der Waals surface area (Å²) in [5, 5.41) is 0. The molecule has 0 nitrogen and oxygen atoms in total. The van der Waals surface area contributed by atoms with E-state index in [9.17, 15) is 0 Å². The van der Waals surface area contributed by atoms with Gasteiger partial charge in [0.2, 0.25) is 0 Å². The Morgan fingerprint density at radius 2 is 1.82 bits per heavy atom. The average molecular weight is 177 g/mol. The van der Waals surface area contributed by atoms with Crippen molar-refractivity contribution in [3.8, 4) is 0 Å². The van der Waals surface area contributed by atoms with Gasteiger partial charge in [-0.1, -0.05) is 34.1 Å². The molecule has 0 aliphatic heterocycles. The Morgan fingerprint density at radius 1 is 1.27 bits per heavy atom. The van der Waals surface area contributed by atoms with Crippen molar-refractivity contribution in [1.82, 2.24) is 0 Å². The standard InChI is InChI=1S/C10H21Cl/c1-5-6-9(8-11)7-10(2,3)4/h9H,5-8H2,1-4H3. The summed E-state index contributed by atoms with van der Waals surface area (Å²) < 4.78 is 0. The summed E-state index contributed by atoms with van der Waals surface area (Å²) in [6.45, 7) is 9.06. The fraction of sp³-hybridized carbons (Fsp3) is 1.00. The Balaban J connectivity index is 3.68. The third-order valence-corrected chi connectivity index (χ3v) is 2.25. The molecule has 0 N–H and O–H groups in total. The van der Waals surface area contributed by atoms with Gasteiger partial charge in [0.25, 0.3) is 0 Å². The van der Waals surface area contributed by atoms with Crippen molar-refractivity contribution in [3.05, 3.63) is 0 Å². The van der Waals surface area contributed by atoms with Gasteiger partial charge in [0, 0.05) is 5.88 Å². The molecule has 0 bridgehead atoms. The highest BCUT2D eigenvalue weighted by molar-refractivity contribution is 6.18. The van der Waals surface area contributed by atoms with Gasteiger partial charge in [-0.25, -0.2) is 0 Å². The maximum absolute atomic E-state index is 5.85. The minimum atomic E-state index is 0.439. The highest BCUT2D eigenvalue weighted by Crippen LogP contribution is 2.27. The van der Waals surface area contributed by atoms with Gasteiger partial charge in [-0.2, -0.15) is 0 Å². The largest absolute Gasteiger partial charge is 0.126 e. The Hall–Kier alpha value is 0.290. The van der Waals surface area contributed by atoms with Crippen LogP contribution in [-0.4, -0.2) is 5.88 Å². The molecule has 11 heavy (non-hydrogen) atoms. The van der Waals surface area contributed by atoms with Crippen molar-refractivity contribution in [2.24, 2.45) is 11.3 Å². The predicted octanol–water partition coefficient (Wildman–Crippen LogP) is 4.08. The molecule has 0 amide bonds. The average Bonchev–Trinajstić information content (AvgIpc) is 1.84. The van der Waals surface area contributed by atoms with E-state index in [1.165, 1.54) is 19.3 Å². The van der Waals surface area contributed by atoms with E-state index in [2.05, 4.69) is 27.7 Å². The van der Waals surface area contributed by atoms with Crippen molar-refractivity contribution < 1.29 is 0 Å². The van der Waals surface area contributed by atoms with Crippen LogP contribution in [0.25, 0.3) is 0 Å². The van der Waals surface area contributed by atoms with Crippen LogP contribution in [-0.2, 0) is 0 Å². The summed E-state index contributed by atoms with van der Waals surface area (Å²) in [5.74, 6) is 1.55. The molecule has 68 valence electrons. The number of alkyl halides is 1. The van der Waals surface area contributed by atoms with Crippen LogP contribution in [0.2, 0.25) is 0 Å². The van der Waals surface area contributed by atoms with Gasteiger partial charge >= 0.3 is 0 Å². The van der Waals surface area contributed by atoms with E-state index in [-0.39, 0.29) is 0 Å². The molecule has 0 saturated heterocycles. The first-order valence-corrected chi connectivity index (χ1v) is 5.09. The third-order valence-electron chi connectivity index (χ3n) is 1.82. The Morgan fingerprint density at radius 3 is 2.09 bits per heavy atom. The Kier molecular flexibility index (Phi) is 5.16. The molecule has 1 atom stereocenters. The van der Waals surface area contributed by atoms with Gasteiger partial charge in [-0.15, -0.1) is 11.6 Å². The first-order valence-electron chi connectivity index (χ1n) is 4.55. The van der Waals surface area contributed by atoms with Crippen molar-refractivity contribution in [2.75, 3.05) is 5.88 Å². The lowest BCUT2D eigenvalue weighted by Gasteiger charge is -2.24. The molecule has 0 spiro atoms. The maximum atomic E-state index is 5.85. The summed E-state index contributed by atoms with van der Waals surface area (Å²) in [6.07, 6.45) is 3.79. The van der Waals surface area contributed by atoms with Crippen LogP contribution >= 0.6 is 11.6 Å². The summed E-state index contributed by atoms with van der Waals surface area (Å²) >= 11 is 5.85. The van der Waals surface area contributed by atoms with E-state index in [1.807, 2.05) is 0 Å². The Bertz CT molecular complexity index is 91.5. The summed E-state index contributed by atoms with van der Waals surface area (Å²) in [5.41, 5.74) is 0.439. The predicted molar refractivity (Wildman–Crippen MR) is 53.2 cm³/mol. The molecule has 0 radical (unpaired) electrons. The van der Waals surface area contributed by atoms with Crippen molar-refractivity contribution in [1.29, 1.82) is 0 Å². The van der Waals surface area contributed by atoms with E-state index in [0.717, 1.165) is 11.8 Å². The summed E-state index contributed by atoms with van der Waals surface area (Å²) in [4.78, 5) is 0. The van der Waals surface area contributed by atoms with Crippen LogP contribution in [0, 0.1) is 11.3 Å². The van der Waals surface area contributed by atoms with Crippen LogP contribution in [0.5, 0.6) is 0 Å². The topological polar surface area (TPSA) is 0 Å². The monoisotopic (exact) mass is 176 g/mol. The molecule has 1 heteroatoms. The quantitative estimate of drug-likeness (QED) is 0.567. The molecule has 0 heterocycles. The molecular formula is C10H21Cl. The molecule has 0 fully saturated rings. The lowest BCUT2D eigenvalue weighted by molar-refractivity contribution is 0.298. The number of halogens is 1. The fourth-order valence-electron chi connectivity index (χ4n) is 1.51. The minimum absolute atomic E-state index is 0.439. The van der Waals surface area contributed by atoms with Crippen LogP contribution in [0.15, 0.2) is 0 Å². The number of hydrogen-bond donors (Lipinski definition) is 0. The highest BCUT2D eigenvalue weighted by atomic mass is 35.5. The van der Waals surface area contributed by atoms with E-state index < -0.39 is 0 Å². The van der Waals surface area contributed by atoms with Crippen LogP contribution < -0.4 is 0 Å². The lowest BCUT2D eigenvalue weighted by atomic mass is 9.84. The molecule has 0 aromatic carbocycles. The van der Waals surface area contributed by atoms with E-state index >= 15 is 0 Å². The van der Waals surface area contributed by atoms with E-state index in [0.29, 0.717) is 5.41 Å². The van der Waals surface area contributed by atoms with Gasteiger partial charge in [0.15, 0.2) is 0 Å². The first-order chi connectivity index (χ1) is 4.99. The molecular weight excluding hydrogens is 156 g/mol. The second kappa shape index (κ2) is 5.03. The van der Waals surface area contributed by atoms with Gasteiger partial charge in [0.05, 0.1) is 0 Å². The zero-order chi connectivity index (χ0) is 8.91. The first kappa shape index (κ1) is 11.3. The summed E-state index contributed by atoms with van der Waals surface area (Å²) in [7, 11) is 0. The van der Waals surface area contributed by atoms with Gasteiger partial charge < -0.3 is 0 Å². The highest BCUT2D eigenvalue weighted by Gasteiger charge is 2.16. The molecule has 0 aliphatic rings. The number of rotatable bonds is 4. The van der Waals surface area contributed by atoms with Gasteiger partial charge in [-0.05, 0) is 24.2 Å². The molecule has 0 saturated carbocycles. The zero-order valence-electron chi connectivity index (χ0n) is 8.28.